The van der Waals surface area contributed by atoms with Gasteiger partial charge in [0.1, 0.15) is 5.82 Å². The van der Waals surface area contributed by atoms with Crippen molar-refractivity contribution in [3.63, 3.8) is 0 Å². The van der Waals surface area contributed by atoms with Crippen LogP contribution in [0.3, 0.4) is 0 Å². The van der Waals surface area contributed by atoms with E-state index in [1.54, 1.807) is 11.3 Å². The Morgan fingerprint density at radius 2 is 1.75 bits per heavy atom. The van der Waals surface area contributed by atoms with Crippen LogP contribution in [-0.4, -0.2) is 49.4 Å². The maximum absolute atomic E-state index is 5.45. The van der Waals surface area contributed by atoms with Crippen LogP contribution in [0.15, 0.2) is 10.8 Å². The van der Waals surface area contributed by atoms with Crippen LogP contribution in [0.1, 0.15) is 12.8 Å². The van der Waals surface area contributed by atoms with Crippen LogP contribution in [0.25, 0.3) is 10.9 Å². The molecule has 20 heavy (non-hydrogen) atoms. The fraction of sp³-hybridized carbons (Fsp3) is 0.571. The highest BCUT2D eigenvalue weighted by molar-refractivity contribution is 7.09. The highest BCUT2D eigenvalue weighted by Crippen LogP contribution is 2.30. The van der Waals surface area contributed by atoms with E-state index in [4.69, 9.17) is 14.7 Å². The van der Waals surface area contributed by atoms with Crippen molar-refractivity contribution >= 4 is 34.0 Å². The summed E-state index contributed by atoms with van der Waals surface area (Å²) in [5, 5.41) is 5.47. The van der Waals surface area contributed by atoms with E-state index in [1.807, 2.05) is 0 Å². The number of morpholine rings is 1. The normalized spacial score (nSPS) is 20.0. The molecule has 0 amide bonds. The topological polar surface area (TPSA) is 41.5 Å². The van der Waals surface area contributed by atoms with Gasteiger partial charge >= 0.3 is 0 Å². The van der Waals surface area contributed by atoms with Gasteiger partial charge in [-0.1, -0.05) is 0 Å². The largest absolute Gasteiger partial charge is 0.378 e. The van der Waals surface area contributed by atoms with E-state index in [9.17, 15) is 0 Å². The van der Waals surface area contributed by atoms with Crippen LogP contribution in [0, 0.1) is 0 Å². The van der Waals surface area contributed by atoms with Crippen molar-refractivity contribution < 1.29 is 4.74 Å². The molecular weight excluding hydrogens is 272 g/mol. The molecule has 0 aromatic carbocycles. The average Bonchev–Trinajstić information content (AvgIpc) is 3.18. The maximum Gasteiger partial charge on any atom is 0.227 e. The van der Waals surface area contributed by atoms with Crippen LogP contribution in [-0.2, 0) is 4.74 Å². The van der Waals surface area contributed by atoms with Crippen molar-refractivity contribution in [2.75, 3.05) is 49.2 Å². The number of hydrogen-bond acceptors (Lipinski definition) is 6. The van der Waals surface area contributed by atoms with Gasteiger partial charge in [-0.05, 0) is 12.8 Å². The van der Waals surface area contributed by atoms with Crippen molar-refractivity contribution in [2.24, 2.45) is 0 Å². The summed E-state index contributed by atoms with van der Waals surface area (Å²) in [5.74, 6) is 1.98. The molecule has 2 saturated heterocycles. The fourth-order valence-electron chi connectivity index (χ4n) is 2.91. The number of anilines is 2. The Morgan fingerprint density at radius 1 is 0.950 bits per heavy atom. The van der Waals surface area contributed by atoms with Gasteiger partial charge in [-0.2, -0.15) is 4.98 Å². The Balaban J connectivity index is 1.78. The third-order valence-electron chi connectivity index (χ3n) is 4.01. The summed E-state index contributed by atoms with van der Waals surface area (Å²) in [6, 6.07) is 0. The first-order valence-electron chi connectivity index (χ1n) is 7.23. The lowest BCUT2D eigenvalue weighted by molar-refractivity contribution is 0.122. The summed E-state index contributed by atoms with van der Waals surface area (Å²) >= 11 is 1.70. The van der Waals surface area contributed by atoms with Gasteiger partial charge in [-0.3, -0.25) is 0 Å². The summed E-state index contributed by atoms with van der Waals surface area (Å²) in [6.07, 6.45) is 2.50. The molecule has 2 fully saturated rings. The Morgan fingerprint density at radius 3 is 2.55 bits per heavy atom. The van der Waals surface area contributed by atoms with Crippen LogP contribution < -0.4 is 9.80 Å². The minimum Gasteiger partial charge on any atom is -0.378 e. The Bertz CT molecular complexity index is 602. The quantitative estimate of drug-likeness (QED) is 0.847. The molecule has 0 atom stereocenters. The lowest BCUT2D eigenvalue weighted by Crippen LogP contribution is -2.37. The molecule has 2 aliphatic rings. The first-order chi connectivity index (χ1) is 9.92. The molecule has 0 unspecified atom stereocenters. The first kappa shape index (κ1) is 12.3. The monoisotopic (exact) mass is 290 g/mol. The standard InChI is InChI=1S/C14H18N4OS/c1-2-4-18(3-1)14-15-12-10-20-9-11(12)13(16-14)17-5-7-19-8-6-17/h9-10H,1-8H2. The third kappa shape index (κ3) is 2.13. The Labute approximate surface area is 122 Å². The van der Waals surface area contributed by atoms with Gasteiger partial charge in [0, 0.05) is 36.9 Å². The molecule has 2 aromatic heterocycles. The fourth-order valence-corrected chi connectivity index (χ4v) is 3.65. The minimum atomic E-state index is 0.786. The molecule has 0 aliphatic carbocycles. The summed E-state index contributed by atoms with van der Waals surface area (Å²) in [5.41, 5.74) is 1.08. The zero-order valence-electron chi connectivity index (χ0n) is 11.4. The number of thiophene rings is 1. The zero-order valence-corrected chi connectivity index (χ0v) is 12.2. The Kier molecular flexibility index (Phi) is 3.20. The molecule has 0 spiro atoms. The highest BCUT2D eigenvalue weighted by Gasteiger charge is 2.21. The first-order valence-corrected chi connectivity index (χ1v) is 8.18. The molecule has 2 aliphatic heterocycles. The second-order valence-corrected chi connectivity index (χ2v) is 6.06. The molecule has 5 nitrogen and oxygen atoms in total. The van der Waals surface area contributed by atoms with Crippen molar-refractivity contribution in [3.05, 3.63) is 10.8 Å². The molecule has 0 bridgehead atoms. The highest BCUT2D eigenvalue weighted by atomic mass is 32.1. The van der Waals surface area contributed by atoms with E-state index in [0.717, 1.165) is 56.7 Å². The number of aromatic nitrogens is 2. The van der Waals surface area contributed by atoms with Gasteiger partial charge < -0.3 is 14.5 Å². The molecule has 0 radical (unpaired) electrons. The third-order valence-corrected chi connectivity index (χ3v) is 4.74. The van der Waals surface area contributed by atoms with Crippen LogP contribution >= 0.6 is 11.3 Å². The van der Waals surface area contributed by atoms with Gasteiger partial charge in [0.05, 0.1) is 24.1 Å². The van der Waals surface area contributed by atoms with Crippen molar-refractivity contribution in [2.45, 2.75) is 12.8 Å². The summed E-state index contributed by atoms with van der Waals surface area (Å²) in [4.78, 5) is 14.3. The van der Waals surface area contributed by atoms with E-state index in [-0.39, 0.29) is 0 Å². The van der Waals surface area contributed by atoms with E-state index in [2.05, 4.69) is 20.6 Å². The Hall–Kier alpha value is -1.40. The van der Waals surface area contributed by atoms with E-state index in [0.29, 0.717) is 0 Å². The average molecular weight is 290 g/mol. The molecule has 106 valence electrons. The van der Waals surface area contributed by atoms with Crippen molar-refractivity contribution in [1.82, 2.24) is 9.97 Å². The van der Waals surface area contributed by atoms with Gasteiger partial charge in [-0.25, -0.2) is 4.98 Å². The molecule has 4 heterocycles. The predicted octanol–water partition coefficient (Wildman–Crippen LogP) is 2.13. The van der Waals surface area contributed by atoms with Gasteiger partial charge in [0.2, 0.25) is 5.95 Å². The lowest BCUT2D eigenvalue weighted by atomic mass is 10.3. The number of fused-ring (bicyclic) bond motifs is 1. The molecule has 4 rings (SSSR count). The molecule has 2 aromatic rings. The van der Waals surface area contributed by atoms with E-state index >= 15 is 0 Å². The minimum absolute atomic E-state index is 0.786. The van der Waals surface area contributed by atoms with E-state index in [1.165, 1.54) is 18.2 Å². The second-order valence-electron chi connectivity index (χ2n) is 5.31. The summed E-state index contributed by atoms with van der Waals surface area (Å²) < 4.78 is 5.45. The van der Waals surface area contributed by atoms with Crippen molar-refractivity contribution in [1.29, 1.82) is 0 Å². The number of nitrogens with zero attached hydrogens (tertiary/aromatic N) is 4. The number of rotatable bonds is 2. The molecular formula is C14H18N4OS. The maximum atomic E-state index is 5.45. The lowest BCUT2D eigenvalue weighted by Gasteiger charge is -2.29. The smallest absolute Gasteiger partial charge is 0.227 e. The van der Waals surface area contributed by atoms with Crippen LogP contribution in [0.4, 0.5) is 11.8 Å². The van der Waals surface area contributed by atoms with Crippen LogP contribution in [0.5, 0.6) is 0 Å². The summed E-state index contributed by atoms with van der Waals surface area (Å²) in [6.45, 7) is 5.57. The van der Waals surface area contributed by atoms with Gasteiger partial charge in [0.25, 0.3) is 0 Å². The van der Waals surface area contributed by atoms with Crippen molar-refractivity contribution in [3.8, 4) is 0 Å². The van der Waals surface area contributed by atoms with Crippen LogP contribution in [0.2, 0.25) is 0 Å². The number of hydrogen-bond donors (Lipinski definition) is 0. The molecule has 0 saturated carbocycles. The number of ether oxygens (including phenoxy) is 1. The molecule has 6 heteroatoms. The predicted molar refractivity (Wildman–Crippen MR) is 81.9 cm³/mol. The SMILES string of the molecule is c1scc2c(N3CCOCC3)nc(N3CCCC3)nc12. The second kappa shape index (κ2) is 5.18. The van der Waals surface area contributed by atoms with Gasteiger partial charge in [0.15, 0.2) is 0 Å². The zero-order chi connectivity index (χ0) is 13.4. The molecule has 0 N–H and O–H groups in total. The summed E-state index contributed by atoms with van der Waals surface area (Å²) in [7, 11) is 0. The van der Waals surface area contributed by atoms with E-state index < -0.39 is 0 Å². The van der Waals surface area contributed by atoms with Gasteiger partial charge in [-0.15, -0.1) is 11.3 Å².